The molecule has 0 atom stereocenters. The number of methoxy groups -OCH3 is 1. The van der Waals surface area contributed by atoms with Crippen molar-refractivity contribution in [2.45, 2.75) is 13.0 Å². The molecule has 0 unspecified atom stereocenters. The van der Waals surface area contributed by atoms with Crippen molar-refractivity contribution in [1.29, 1.82) is 0 Å². The summed E-state index contributed by atoms with van der Waals surface area (Å²) in [4.78, 5) is 2.61. The molecular weight excluding hydrogens is 370 g/mol. The number of piperazine rings is 1. The SMILES string of the molecule is COc1ccc(C(C)=NN2CCN(C3c4ccccc4-c4ccccc43)CC2)cc1. The molecule has 3 aromatic rings. The molecule has 30 heavy (non-hydrogen) atoms. The van der Waals surface area contributed by atoms with Gasteiger partial charge in [-0.25, -0.2) is 0 Å². The first kappa shape index (κ1) is 18.9. The molecule has 1 heterocycles. The summed E-state index contributed by atoms with van der Waals surface area (Å²) >= 11 is 0. The Balaban J connectivity index is 1.31. The van der Waals surface area contributed by atoms with Gasteiger partial charge >= 0.3 is 0 Å². The first-order valence-electron chi connectivity index (χ1n) is 10.6. The maximum absolute atomic E-state index is 5.25. The third-order valence-corrected chi connectivity index (χ3v) is 6.26. The number of hydrogen-bond donors (Lipinski definition) is 0. The van der Waals surface area contributed by atoms with Gasteiger partial charge in [-0.3, -0.25) is 9.91 Å². The van der Waals surface area contributed by atoms with E-state index in [2.05, 4.69) is 77.5 Å². The fourth-order valence-corrected chi connectivity index (χ4v) is 4.69. The first-order valence-corrected chi connectivity index (χ1v) is 10.6. The van der Waals surface area contributed by atoms with Crippen LogP contribution in [-0.4, -0.2) is 48.9 Å². The van der Waals surface area contributed by atoms with Gasteiger partial charge in [-0.2, -0.15) is 5.10 Å². The molecule has 0 N–H and O–H groups in total. The number of benzene rings is 3. The summed E-state index contributed by atoms with van der Waals surface area (Å²) in [5, 5.41) is 7.11. The van der Waals surface area contributed by atoms with Crippen LogP contribution in [0.5, 0.6) is 5.75 Å². The standard InChI is InChI=1S/C26H27N3O/c1-19(20-11-13-21(30-2)14-12-20)27-29-17-15-28(16-18-29)26-24-9-5-3-7-22(24)23-8-4-6-10-25(23)26/h3-14,26H,15-18H2,1-2H3. The molecule has 2 aliphatic rings. The minimum absolute atomic E-state index is 0.353. The zero-order valence-corrected chi connectivity index (χ0v) is 17.6. The quantitative estimate of drug-likeness (QED) is 0.592. The van der Waals surface area contributed by atoms with Crippen molar-refractivity contribution < 1.29 is 4.74 Å². The molecular formula is C26H27N3O. The molecule has 0 radical (unpaired) electrons. The zero-order valence-electron chi connectivity index (χ0n) is 17.6. The van der Waals surface area contributed by atoms with Gasteiger partial charge in [-0.1, -0.05) is 48.5 Å². The Kier molecular flexibility index (Phi) is 5.01. The summed E-state index contributed by atoms with van der Waals surface area (Å²) in [6, 6.07) is 26.2. The summed E-state index contributed by atoms with van der Waals surface area (Å²) in [6.07, 6.45) is 0. The fourth-order valence-electron chi connectivity index (χ4n) is 4.69. The van der Waals surface area contributed by atoms with Crippen molar-refractivity contribution in [1.82, 2.24) is 9.91 Å². The molecule has 4 heteroatoms. The number of ether oxygens (including phenoxy) is 1. The maximum atomic E-state index is 5.25. The number of nitrogens with zero attached hydrogens (tertiary/aromatic N) is 3. The lowest BCUT2D eigenvalue weighted by molar-refractivity contribution is 0.114. The van der Waals surface area contributed by atoms with Crippen LogP contribution >= 0.6 is 0 Å². The number of rotatable bonds is 4. The first-order chi connectivity index (χ1) is 14.7. The van der Waals surface area contributed by atoms with Crippen molar-refractivity contribution >= 4 is 5.71 Å². The van der Waals surface area contributed by atoms with Gasteiger partial charge in [0, 0.05) is 26.2 Å². The third kappa shape index (κ3) is 3.37. The molecule has 3 aromatic carbocycles. The smallest absolute Gasteiger partial charge is 0.118 e. The Hall–Kier alpha value is -3.11. The van der Waals surface area contributed by atoms with Crippen molar-refractivity contribution in [3.05, 3.63) is 89.5 Å². The zero-order chi connectivity index (χ0) is 20.5. The van der Waals surface area contributed by atoms with Gasteiger partial charge in [0.05, 0.1) is 18.9 Å². The maximum Gasteiger partial charge on any atom is 0.118 e. The van der Waals surface area contributed by atoms with Gasteiger partial charge in [0.1, 0.15) is 5.75 Å². The lowest BCUT2D eigenvalue weighted by atomic mass is 10.0. The number of fused-ring (bicyclic) bond motifs is 3. The van der Waals surface area contributed by atoms with E-state index in [-0.39, 0.29) is 0 Å². The second kappa shape index (κ2) is 7.96. The second-order valence-electron chi connectivity index (χ2n) is 7.98. The Bertz CT molecular complexity index is 1020. The van der Waals surface area contributed by atoms with Crippen LogP contribution in [0.2, 0.25) is 0 Å². The van der Waals surface area contributed by atoms with Gasteiger partial charge in [0.2, 0.25) is 0 Å². The van der Waals surface area contributed by atoms with Crippen LogP contribution in [0, 0.1) is 0 Å². The van der Waals surface area contributed by atoms with Crippen LogP contribution in [0.4, 0.5) is 0 Å². The number of hydrogen-bond acceptors (Lipinski definition) is 4. The predicted molar refractivity (Wildman–Crippen MR) is 122 cm³/mol. The minimum atomic E-state index is 0.353. The van der Waals surface area contributed by atoms with Crippen molar-refractivity contribution in [2.24, 2.45) is 5.10 Å². The molecule has 5 rings (SSSR count). The van der Waals surface area contributed by atoms with E-state index >= 15 is 0 Å². The lowest BCUT2D eigenvalue weighted by Crippen LogP contribution is -2.45. The molecule has 0 bridgehead atoms. The summed E-state index contributed by atoms with van der Waals surface area (Å²) in [5.41, 5.74) is 7.82. The summed E-state index contributed by atoms with van der Waals surface area (Å²) in [5.74, 6) is 0.872. The third-order valence-electron chi connectivity index (χ3n) is 6.26. The average molecular weight is 398 g/mol. The van der Waals surface area contributed by atoms with Crippen LogP contribution in [0.3, 0.4) is 0 Å². The summed E-state index contributed by atoms with van der Waals surface area (Å²) in [6.45, 7) is 5.97. The topological polar surface area (TPSA) is 28.1 Å². The summed E-state index contributed by atoms with van der Waals surface area (Å²) < 4.78 is 5.25. The van der Waals surface area contributed by atoms with Gasteiger partial charge < -0.3 is 4.74 Å². The molecule has 0 amide bonds. The van der Waals surface area contributed by atoms with Crippen molar-refractivity contribution in [3.8, 4) is 16.9 Å². The van der Waals surface area contributed by atoms with E-state index in [0.29, 0.717) is 6.04 Å². The second-order valence-corrected chi connectivity index (χ2v) is 7.98. The Morgan fingerprint density at radius 2 is 1.37 bits per heavy atom. The molecule has 0 saturated carbocycles. The van der Waals surface area contributed by atoms with Crippen molar-refractivity contribution in [3.63, 3.8) is 0 Å². The molecule has 1 saturated heterocycles. The molecule has 152 valence electrons. The Morgan fingerprint density at radius 3 is 1.93 bits per heavy atom. The molecule has 0 aromatic heterocycles. The Labute approximate surface area is 178 Å². The normalized spacial score (nSPS) is 17.0. The number of hydrazone groups is 1. The van der Waals surface area contributed by atoms with E-state index < -0.39 is 0 Å². The molecule has 1 aliphatic heterocycles. The van der Waals surface area contributed by atoms with Crippen LogP contribution in [0.1, 0.15) is 29.7 Å². The highest BCUT2D eigenvalue weighted by molar-refractivity contribution is 5.98. The monoisotopic (exact) mass is 397 g/mol. The Morgan fingerprint density at radius 1 is 0.800 bits per heavy atom. The highest BCUT2D eigenvalue weighted by Gasteiger charge is 2.33. The molecule has 1 aliphatic carbocycles. The highest BCUT2D eigenvalue weighted by atomic mass is 16.5. The van der Waals surface area contributed by atoms with E-state index in [1.165, 1.54) is 22.3 Å². The average Bonchev–Trinajstić information content (AvgIpc) is 3.14. The van der Waals surface area contributed by atoms with E-state index in [1.54, 1.807) is 7.11 Å². The van der Waals surface area contributed by atoms with Crippen LogP contribution < -0.4 is 4.74 Å². The van der Waals surface area contributed by atoms with E-state index in [4.69, 9.17) is 9.84 Å². The van der Waals surface area contributed by atoms with Crippen LogP contribution in [-0.2, 0) is 0 Å². The van der Waals surface area contributed by atoms with Crippen LogP contribution in [0.15, 0.2) is 77.9 Å². The van der Waals surface area contributed by atoms with Gasteiger partial charge in [-0.05, 0) is 59.0 Å². The van der Waals surface area contributed by atoms with E-state index in [0.717, 1.165) is 43.2 Å². The molecule has 4 nitrogen and oxygen atoms in total. The minimum Gasteiger partial charge on any atom is -0.497 e. The van der Waals surface area contributed by atoms with E-state index in [9.17, 15) is 0 Å². The molecule has 1 fully saturated rings. The van der Waals surface area contributed by atoms with Crippen molar-refractivity contribution in [2.75, 3.05) is 33.3 Å². The van der Waals surface area contributed by atoms with Gasteiger partial charge in [0.25, 0.3) is 0 Å². The fraction of sp³-hybridized carbons (Fsp3) is 0.269. The van der Waals surface area contributed by atoms with Crippen LogP contribution in [0.25, 0.3) is 11.1 Å². The summed E-state index contributed by atoms with van der Waals surface area (Å²) in [7, 11) is 1.69. The molecule has 0 spiro atoms. The lowest BCUT2D eigenvalue weighted by Gasteiger charge is -2.37. The largest absolute Gasteiger partial charge is 0.497 e. The predicted octanol–water partition coefficient (Wildman–Crippen LogP) is 4.81. The van der Waals surface area contributed by atoms with Gasteiger partial charge in [0.15, 0.2) is 0 Å². The highest BCUT2D eigenvalue weighted by Crippen LogP contribution is 2.46. The van der Waals surface area contributed by atoms with E-state index in [1.807, 2.05) is 12.1 Å². The van der Waals surface area contributed by atoms with Gasteiger partial charge in [-0.15, -0.1) is 0 Å².